The molecule has 0 unspecified atom stereocenters. The molecule has 0 bridgehead atoms. The van der Waals surface area contributed by atoms with Gasteiger partial charge in [-0.15, -0.1) is 0 Å². The number of hydrogen-bond donors (Lipinski definition) is 1. The van der Waals surface area contributed by atoms with Crippen LogP contribution in [0.25, 0.3) is 0 Å². The number of hydrogen-bond acceptors (Lipinski definition) is 2. The van der Waals surface area contributed by atoms with Gasteiger partial charge in [0, 0.05) is 5.02 Å². The van der Waals surface area contributed by atoms with E-state index in [-0.39, 0.29) is 12.4 Å². The fourth-order valence-electron chi connectivity index (χ4n) is 1.57. The van der Waals surface area contributed by atoms with Crippen LogP contribution in [-0.4, -0.2) is 11.1 Å². The van der Waals surface area contributed by atoms with Crippen LogP contribution in [0.1, 0.15) is 15.9 Å². The van der Waals surface area contributed by atoms with E-state index in [1.807, 2.05) is 0 Å². The van der Waals surface area contributed by atoms with Crippen LogP contribution in [0.2, 0.25) is 5.02 Å². The van der Waals surface area contributed by atoms with Crippen molar-refractivity contribution in [3.05, 3.63) is 64.4 Å². The molecule has 3 nitrogen and oxygen atoms in total. The van der Waals surface area contributed by atoms with Crippen LogP contribution in [0.4, 0.5) is 4.39 Å². The lowest BCUT2D eigenvalue weighted by Gasteiger charge is -2.09. The summed E-state index contributed by atoms with van der Waals surface area (Å²) in [7, 11) is 0. The molecule has 2 aromatic rings. The zero-order valence-electron chi connectivity index (χ0n) is 9.77. The van der Waals surface area contributed by atoms with Crippen LogP contribution >= 0.6 is 11.6 Å². The summed E-state index contributed by atoms with van der Waals surface area (Å²) in [6, 6.07) is 10.8. The molecule has 0 atom stereocenters. The average Bonchev–Trinajstić information content (AvgIpc) is 2.37. The molecule has 2 aromatic carbocycles. The number of rotatable bonds is 4. The number of carboxylic acid groups (broad SMARTS) is 1. The summed E-state index contributed by atoms with van der Waals surface area (Å²) in [5, 5.41) is 9.54. The highest BCUT2D eigenvalue weighted by molar-refractivity contribution is 6.30. The van der Waals surface area contributed by atoms with Crippen LogP contribution in [0.5, 0.6) is 5.75 Å². The van der Waals surface area contributed by atoms with E-state index in [4.69, 9.17) is 21.4 Å². The molecule has 5 heteroatoms. The summed E-state index contributed by atoms with van der Waals surface area (Å²) in [5.74, 6) is -2.17. The van der Waals surface area contributed by atoms with Crippen LogP contribution < -0.4 is 4.74 Å². The Hall–Kier alpha value is -2.07. The van der Waals surface area contributed by atoms with Gasteiger partial charge >= 0.3 is 5.97 Å². The summed E-state index contributed by atoms with van der Waals surface area (Å²) in [6.45, 7) is 0.140. The number of carbonyl (C=O) groups is 1. The maximum atomic E-state index is 13.4. The first-order valence-electron chi connectivity index (χ1n) is 5.47. The van der Waals surface area contributed by atoms with Crippen molar-refractivity contribution < 1.29 is 19.0 Å². The maximum absolute atomic E-state index is 13.4. The van der Waals surface area contributed by atoms with Crippen molar-refractivity contribution in [3.63, 3.8) is 0 Å². The second-order valence-corrected chi connectivity index (χ2v) is 4.27. The first-order valence-corrected chi connectivity index (χ1v) is 5.85. The molecule has 0 aliphatic heterocycles. The van der Waals surface area contributed by atoms with E-state index in [0.717, 1.165) is 11.6 Å². The molecule has 0 saturated carbocycles. The van der Waals surface area contributed by atoms with Gasteiger partial charge in [-0.1, -0.05) is 29.8 Å². The number of benzene rings is 2. The molecule has 0 fully saturated rings. The van der Waals surface area contributed by atoms with Crippen LogP contribution in [0.15, 0.2) is 42.5 Å². The first-order chi connectivity index (χ1) is 9.08. The van der Waals surface area contributed by atoms with Gasteiger partial charge in [-0.05, 0) is 29.8 Å². The third-order valence-corrected chi connectivity index (χ3v) is 2.75. The van der Waals surface area contributed by atoms with E-state index < -0.39 is 17.3 Å². The Morgan fingerprint density at radius 1 is 1.21 bits per heavy atom. The topological polar surface area (TPSA) is 46.5 Å². The van der Waals surface area contributed by atoms with Gasteiger partial charge in [-0.2, -0.15) is 0 Å². The van der Waals surface area contributed by atoms with Crippen LogP contribution in [0.3, 0.4) is 0 Å². The van der Waals surface area contributed by atoms with Crippen molar-refractivity contribution in [1.82, 2.24) is 0 Å². The number of carboxylic acids is 1. The molecular weight excluding hydrogens is 271 g/mol. The van der Waals surface area contributed by atoms with Gasteiger partial charge in [0.15, 0.2) is 0 Å². The maximum Gasteiger partial charge on any atom is 0.342 e. The number of aromatic carboxylic acids is 1. The summed E-state index contributed by atoms with van der Waals surface area (Å²) in [4.78, 5) is 11.0. The van der Waals surface area contributed by atoms with E-state index in [1.165, 1.54) is 12.1 Å². The lowest BCUT2D eigenvalue weighted by molar-refractivity contribution is 0.0686. The largest absolute Gasteiger partial charge is 0.488 e. The van der Waals surface area contributed by atoms with E-state index in [1.54, 1.807) is 24.3 Å². The number of ether oxygens (including phenoxy) is 1. The fraction of sp³-hybridized carbons (Fsp3) is 0.0714. The molecule has 98 valence electrons. The predicted molar refractivity (Wildman–Crippen MR) is 69.1 cm³/mol. The monoisotopic (exact) mass is 280 g/mol. The van der Waals surface area contributed by atoms with Gasteiger partial charge in [0.2, 0.25) is 0 Å². The molecule has 0 aliphatic carbocycles. The SMILES string of the molecule is O=C(O)c1c(F)cccc1OCc1ccc(Cl)cc1. The third-order valence-electron chi connectivity index (χ3n) is 2.50. The zero-order valence-corrected chi connectivity index (χ0v) is 10.5. The molecule has 0 aromatic heterocycles. The lowest BCUT2D eigenvalue weighted by Crippen LogP contribution is -2.06. The van der Waals surface area contributed by atoms with Gasteiger partial charge in [-0.3, -0.25) is 0 Å². The fourth-order valence-corrected chi connectivity index (χ4v) is 1.70. The van der Waals surface area contributed by atoms with Crippen LogP contribution in [-0.2, 0) is 6.61 Å². The number of halogens is 2. The Kier molecular flexibility index (Phi) is 4.02. The molecule has 0 radical (unpaired) electrons. The summed E-state index contributed by atoms with van der Waals surface area (Å²) >= 11 is 5.75. The molecule has 0 heterocycles. The quantitative estimate of drug-likeness (QED) is 0.927. The molecular formula is C14H10ClFO3. The molecule has 1 N–H and O–H groups in total. The Balaban J connectivity index is 2.18. The average molecular weight is 281 g/mol. The summed E-state index contributed by atoms with van der Waals surface area (Å²) in [6.07, 6.45) is 0. The van der Waals surface area contributed by atoms with Crippen molar-refractivity contribution >= 4 is 17.6 Å². The standard InChI is InChI=1S/C14H10ClFO3/c15-10-6-4-9(5-7-10)8-19-12-3-1-2-11(16)13(12)14(17)18/h1-7H,8H2,(H,17,18). The first kappa shape index (κ1) is 13.4. The van der Waals surface area contributed by atoms with E-state index >= 15 is 0 Å². The normalized spacial score (nSPS) is 10.2. The lowest BCUT2D eigenvalue weighted by atomic mass is 10.2. The van der Waals surface area contributed by atoms with Gasteiger partial charge < -0.3 is 9.84 Å². The minimum Gasteiger partial charge on any atom is -0.488 e. The van der Waals surface area contributed by atoms with Crippen molar-refractivity contribution in [3.8, 4) is 5.75 Å². The second kappa shape index (κ2) is 5.71. The van der Waals surface area contributed by atoms with Gasteiger partial charge in [0.25, 0.3) is 0 Å². The highest BCUT2D eigenvalue weighted by atomic mass is 35.5. The van der Waals surface area contributed by atoms with Gasteiger partial charge in [0.05, 0.1) is 0 Å². The third kappa shape index (κ3) is 3.23. The van der Waals surface area contributed by atoms with Gasteiger partial charge in [-0.25, -0.2) is 9.18 Å². The minimum absolute atomic E-state index is 0.00227. The molecule has 0 amide bonds. The van der Waals surface area contributed by atoms with Crippen molar-refractivity contribution in [1.29, 1.82) is 0 Å². The highest BCUT2D eigenvalue weighted by Crippen LogP contribution is 2.22. The Bertz CT molecular complexity index is 596. The second-order valence-electron chi connectivity index (χ2n) is 3.83. The molecule has 19 heavy (non-hydrogen) atoms. The van der Waals surface area contributed by atoms with E-state index in [2.05, 4.69) is 0 Å². The molecule has 0 aliphatic rings. The Morgan fingerprint density at radius 3 is 2.53 bits per heavy atom. The molecule has 0 spiro atoms. The summed E-state index contributed by atoms with van der Waals surface area (Å²) in [5.41, 5.74) is 0.349. The van der Waals surface area contributed by atoms with Gasteiger partial charge in [0.1, 0.15) is 23.7 Å². The van der Waals surface area contributed by atoms with E-state index in [9.17, 15) is 9.18 Å². The zero-order chi connectivity index (χ0) is 13.8. The molecule has 2 rings (SSSR count). The Labute approximate surface area is 114 Å². The summed E-state index contributed by atoms with van der Waals surface area (Å²) < 4.78 is 18.7. The highest BCUT2D eigenvalue weighted by Gasteiger charge is 2.16. The predicted octanol–water partition coefficient (Wildman–Crippen LogP) is 3.76. The van der Waals surface area contributed by atoms with Crippen molar-refractivity contribution in [2.45, 2.75) is 6.61 Å². The smallest absolute Gasteiger partial charge is 0.342 e. The minimum atomic E-state index is -1.36. The van der Waals surface area contributed by atoms with Crippen molar-refractivity contribution in [2.24, 2.45) is 0 Å². The van der Waals surface area contributed by atoms with Crippen LogP contribution in [0, 0.1) is 5.82 Å². The van der Waals surface area contributed by atoms with E-state index in [0.29, 0.717) is 5.02 Å². The van der Waals surface area contributed by atoms with Crippen molar-refractivity contribution in [2.75, 3.05) is 0 Å². The molecule has 0 saturated heterocycles. The Morgan fingerprint density at radius 2 is 1.89 bits per heavy atom.